The van der Waals surface area contributed by atoms with Gasteiger partial charge in [0.2, 0.25) is 0 Å². The monoisotopic (exact) mass is 322 g/mol. The van der Waals surface area contributed by atoms with Crippen LogP contribution in [-0.2, 0) is 16.0 Å². The number of carbonyl (C=O) groups excluding carboxylic acids is 2. The molecule has 23 heavy (non-hydrogen) atoms. The summed E-state index contributed by atoms with van der Waals surface area (Å²) in [5.41, 5.74) is 0.924. The Morgan fingerprint density at radius 1 is 1.00 bits per heavy atom. The molecule has 0 spiro atoms. The van der Waals surface area contributed by atoms with Crippen LogP contribution in [0, 0.1) is 5.41 Å². The lowest BCUT2D eigenvalue weighted by atomic mass is 9.97. The minimum atomic E-state index is -0.616. The molecule has 2 amide bonds. The molecule has 1 aromatic carbocycles. The van der Waals surface area contributed by atoms with Gasteiger partial charge in [0.05, 0.1) is 14.2 Å². The predicted octanol–water partition coefficient (Wildman–Crippen LogP) is 1.52. The van der Waals surface area contributed by atoms with Crippen LogP contribution in [0.4, 0.5) is 0 Å². The molecule has 0 radical (unpaired) electrons. The number of rotatable bonds is 6. The van der Waals surface area contributed by atoms with Gasteiger partial charge in [0.15, 0.2) is 11.5 Å². The largest absolute Gasteiger partial charge is 0.493 e. The summed E-state index contributed by atoms with van der Waals surface area (Å²) in [6.45, 7) is 6.79. The number of carbonyl (C=O) groups is 2. The molecule has 128 valence electrons. The van der Waals surface area contributed by atoms with Crippen LogP contribution in [0.3, 0.4) is 0 Å². The van der Waals surface area contributed by atoms with E-state index in [9.17, 15) is 9.59 Å². The quantitative estimate of drug-likeness (QED) is 0.779. The average molecular weight is 322 g/mol. The molecule has 0 aliphatic carbocycles. The second-order valence-electron chi connectivity index (χ2n) is 6.44. The Hall–Kier alpha value is -2.24. The van der Waals surface area contributed by atoms with Crippen LogP contribution in [0.15, 0.2) is 18.2 Å². The molecule has 0 atom stereocenters. The summed E-state index contributed by atoms with van der Waals surface area (Å²) in [4.78, 5) is 23.4. The van der Waals surface area contributed by atoms with Gasteiger partial charge in [-0.2, -0.15) is 0 Å². The van der Waals surface area contributed by atoms with Crippen LogP contribution in [0.1, 0.15) is 26.3 Å². The molecule has 6 nitrogen and oxygen atoms in total. The van der Waals surface area contributed by atoms with Crippen molar-refractivity contribution >= 4 is 11.8 Å². The summed E-state index contributed by atoms with van der Waals surface area (Å²) in [7, 11) is 3.15. The third-order valence-electron chi connectivity index (χ3n) is 3.13. The Labute approximate surface area is 137 Å². The van der Waals surface area contributed by atoms with Crippen molar-refractivity contribution in [2.75, 3.05) is 27.3 Å². The van der Waals surface area contributed by atoms with Gasteiger partial charge in [0.25, 0.3) is 0 Å². The zero-order valence-electron chi connectivity index (χ0n) is 14.5. The maximum absolute atomic E-state index is 11.7. The van der Waals surface area contributed by atoms with Gasteiger partial charge in [0.1, 0.15) is 0 Å². The van der Waals surface area contributed by atoms with E-state index in [-0.39, 0.29) is 5.41 Å². The fourth-order valence-electron chi connectivity index (χ4n) is 1.86. The van der Waals surface area contributed by atoms with E-state index < -0.39 is 11.8 Å². The first-order valence-electron chi connectivity index (χ1n) is 7.54. The number of methoxy groups -OCH3 is 2. The normalized spacial score (nSPS) is 10.8. The van der Waals surface area contributed by atoms with Crippen LogP contribution < -0.4 is 20.1 Å². The smallest absolute Gasteiger partial charge is 0.309 e. The molecule has 2 N–H and O–H groups in total. The lowest BCUT2D eigenvalue weighted by Crippen LogP contribution is -2.43. The minimum absolute atomic E-state index is 0.0599. The van der Waals surface area contributed by atoms with Crippen molar-refractivity contribution < 1.29 is 19.1 Å². The molecule has 0 saturated carbocycles. The number of hydrogen-bond donors (Lipinski definition) is 2. The highest BCUT2D eigenvalue weighted by molar-refractivity contribution is 6.35. The van der Waals surface area contributed by atoms with Gasteiger partial charge in [-0.15, -0.1) is 0 Å². The van der Waals surface area contributed by atoms with E-state index >= 15 is 0 Å². The number of hydrogen-bond acceptors (Lipinski definition) is 4. The molecule has 0 aromatic heterocycles. The molecule has 1 aromatic rings. The van der Waals surface area contributed by atoms with E-state index in [1.165, 1.54) is 0 Å². The van der Waals surface area contributed by atoms with Crippen molar-refractivity contribution in [2.24, 2.45) is 5.41 Å². The van der Waals surface area contributed by atoms with Crippen molar-refractivity contribution in [2.45, 2.75) is 27.2 Å². The Morgan fingerprint density at radius 3 is 2.17 bits per heavy atom. The third-order valence-corrected chi connectivity index (χ3v) is 3.13. The summed E-state index contributed by atoms with van der Waals surface area (Å²) in [5.74, 6) is 0.0723. The molecule has 0 bridgehead atoms. The van der Waals surface area contributed by atoms with E-state index in [0.29, 0.717) is 31.0 Å². The van der Waals surface area contributed by atoms with Gasteiger partial charge in [-0.25, -0.2) is 0 Å². The summed E-state index contributed by atoms with van der Waals surface area (Å²) < 4.78 is 10.4. The summed E-state index contributed by atoms with van der Waals surface area (Å²) in [6, 6.07) is 5.56. The van der Waals surface area contributed by atoms with Crippen LogP contribution in [0.5, 0.6) is 11.5 Å². The fraction of sp³-hybridized carbons (Fsp3) is 0.529. The van der Waals surface area contributed by atoms with E-state index in [2.05, 4.69) is 10.6 Å². The molecular formula is C17H26N2O4. The van der Waals surface area contributed by atoms with Crippen molar-refractivity contribution in [3.05, 3.63) is 23.8 Å². The fourth-order valence-corrected chi connectivity index (χ4v) is 1.86. The SMILES string of the molecule is COc1ccc(CCNC(=O)C(=O)NCC(C)(C)C)cc1OC. The Kier molecular flexibility index (Phi) is 6.88. The molecule has 0 aliphatic heterocycles. The van der Waals surface area contributed by atoms with Crippen LogP contribution >= 0.6 is 0 Å². The molecule has 0 unspecified atom stereocenters. The maximum atomic E-state index is 11.7. The van der Waals surface area contributed by atoms with Gasteiger partial charge < -0.3 is 20.1 Å². The Balaban J connectivity index is 2.44. The predicted molar refractivity (Wildman–Crippen MR) is 88.7 cm³/mol. The number of amides is 2. The minimum Gasteiger partial charge on any atom is -0.493 e. The molecule has 0 saturated heterocycles. The number of ether oxygens (including phenoxy) is 2. The zero-order valence-corrected chi connectivity index (χ0v) is 14.5. The van der Waals surface area contributed by atoms with Crippen LogP contribution in [-0.4, -0.2) is 39.1 Å². The van der Waals surface area contributed by atoms with E-state index in [4.69, 9.17) is 9.47 Å². The highest BCUT2D eigenvalue weighted by Gasteiger charge is 2.16. The first-order valence-corrected chi connectivity index (χ1v) is 7.54. The topological polar surface area (TPSA) is 76.7 Å². The molecule has 1 rings (SSSR count). The van der Waals surface area contributed by atoms with Gasteiger partial charge in [-0.05, 0) is 29.5 Å². The maximum Gasteiger partial charge on any atom is 0.309 e. The second-order valence-corrected chi connectivity index (χ2v) is 6.44. The Bertz CT molecular complexity index is 550. The lowest BCUT2D eigenvalue weighted by molar-refractivity contribution is -0.139. The highest BCUT2D eigenvalue weighted by Crippen LogP contribution is 2.27. The van der Waals surface area contributed by atoms with Crippen LogP contribution in [0.25, 0.3) is 0 Å². The molecule has 0 heterocycles. The van der Waals surface area contributed by atoms with E-state index in [0.717, 1.165) is 5.56 Å². The summed E-state index contributed by atoms with van der Waals surface area (Å²) >= 11 is 0. The van der Waals surface area contributed by atoms with E-state index in [1.807, 2.05) is 39.0 Å². The van der Waals surface area contributed by atoms with Crippen molar-refractivity contribution in [1.29, 1.82) is 0 Å². The number of benzene rings is 1. The second kappa shape index (κ2) is 8.41. The molecule has 6 heteroatoms. The first kappa shape index (κ1) is 18.8. The summed E-state index contributed by atoms with van der Waals surface area (Å²) in [6.07, 6.45) is 0.596. The molecule has 0 fully saturated rings. The van der Waals surface area contributed by atoms with Crippen molar-refractivity contribution in [1.82, 2.24) is 10.6 Å². The van der Waals surface area contributed by atoms with Crippen molar-refractivity contribution in [3.63, 3.8) is 0 Å². The highest BCUT2D eigenvalue weighted by atomic mass is 16.5. The van der Waals surface area contributed by atoms with Gasteiger partial charge in [-0.1, -0.05) is 26.8 Å². The van der Waals surface area contributed by atoms with E-state index in [1.54, 1.807) is 14.2 Å². The standard InChI is InChI=1S/C17H26N2O4/c1-17(2,3)11-19-16(21)15(20)18-9-8-12-6-7-13(22-4)14(10-12)23-5/h6-7,10H,8-9,11H2,1-5H3,(H,18,20)(H,19,21). The molecular weight excluding hydrogens is 296 g/mol. The van der Waals surface area contributed by atoms with Crippen molar-refractivity contribution in [3.8, 4) is 11.5 Å². The van der Waals surface area contributed by atoms with Crippen LogP contribution in [0.2, 0.25) is 0 Å². The summed E-state index contributed by atoms with van der Waals surface area (Å²) in [5, 5.41) is 5.23. The lowest BCUT2D eigenvalue weighted by Gasteiger charge is -2.18. The number of nitrogens with one attached hydrogen (secondary N) is 2. The Morgan fingerprint density at radius 2 is 1.61 bits per heavy atom. The van der Waals surface area contributed by atoms with Gasteiger partial charge in [0, 0.05) is 13.1 Å². The third kappa shape index (κ3) is 6.59. The average Bonchev–Trinajstić information content (AvgIpc) is 2.51. The molecule has 0 aliphatic rings. The zero-order chi connectivity index (χ0) is 17.5. The van der Waals surface area contributed by atoms with Gasteiger partial charge in [-0.3, -0.25) is 9.59 Å². The first-order chi connectivity index (χ1) is 10.8. The van der Waals surface area contributed by atoms with Gasteiger partial charge >= 0.3 is 11.8 Å².